The molecule has 0 aromatic heterocycles. The van der Waals surface area contributed by atoms with Crippen molar-refractivity contribution >= 4 is 0 Å². The van der Waals surface area contributed by atoms with E-state index >= 15 is 0 Å². The lowest BCUT2D eigenvalue weighted by atomic mass is 9.88. The number of benzene rings is 1. The third kappa shape index (κ3) is 1.88. The summed E-state index contributed by atoms with van der Waals surface area (Å²) < 4.78 is 0. The van der Waals surface area contributed by atoms with Crippen molar-refractivity contribution in [2.45, 2.75) is 46.0 Å². The minimum absolute atomic E-state index is 0.462. The lowest BCUT2D eigenvalue weighted by Crippen LogP contribution is -2.02. The highest BCUT2D eigenvalue weighted by Gasteiger charge is 2.25. The second kappa shape index (κ2) is 3.88. The van der Waals surface area contributed by atoms with Gasteiger partial charge in [0.25, 0.3) is 0 Å². The molecular weight excluding hydrogens is 184 g/mol. The highest BCUT2D eigenvalue weighted by molar-refractivity contribution is 5.43. The molecule has 0 aliphatic heterocycles. The molecule has 82 valence electrons. The van der Waals surface area contributed by atoms with E-state index in [9.17, 15) is 5.11 Å². The van der Waals surface area contributed by atoms with Crippen LogP contribution in [0.1, 0.15) is 48.8 Å². The Balaban J connectivity index is 2.36. The highest BCUT2D eigenvalue weighted by Crippen LogP contribution is 2.40. The van der Waals surface area contributed by atoms with Gasteiger partial charge < -0.3 is 5.11 Å². The van der Waals surface area contributed by atoms with E-state index in [0.717, 1.165) is 17.0 Å². The van der Waals surface area contributed by atoms with Crippen LogP contribution in [0.4, 0.5) is 0 Å². The Morgan fingerprint density at radius 1 is 1.13 bits per heavy atom. The molecule has 1 aliphatic rings. The lowest BCUT2D eigenvalue weighted by molar-refractivity contribution is 0.465. The van der Waals surface area contributed by atoms with Gasteiger partial charge in [0.15, 0.2) is 0 Å². The standard InChI is InChI=1S/C14H20O/c1-9-5-4-6-13(9)12-7-10(2)14(15)11(3)8-12/h7-9,13,15H,4-6H2,1-3H3. The summed E-state index contributed by atoms with van der Waals surface area (Å²) in [6.45, 7) is 6.33. The molecule has 0 saturated heterocycles. The summed E-state index contributed by atoms with van der Waals surface area (Å²) in [7, 11) is 0. The molecular formula is C14H20O. The first kappa shape index (κ1) is 10.5. The number of phenolic OH excluding ortho intramolecular Hbond substituents is 1. The van der Waals surface area contributed by atoms with Gasteiger partial charge in [-0.05, 0) is 48.8 Å². The molecule has 1 saturated carbocycles. The number of rotatable bonds is 1. The van der Waals surface area contributed by atoms with Gasteiger partial charge in [-0.25, -0.2) is 0 Å². The van der Waals surface area contributed by atoms with Crippen molar-refractivity contribution in [3.63, 3.8) is 0 Å². The molecule has 0 bridgehead atoms. The van der Waals surface area contributed by atoms with Gasteiger partial charge >= 0.3 is 0 Å². The second-order valence-corrected chi connectivity index (χ2v) is 5.02. The Labute approximate surface area is 92.1 Å². The van der Waals surface area contributed by atoms with Crippen LogP contribution in [0.5, 0.6) is 5.75 Å². The van der Waals surface area contributed by atoms with Gasteiger partial charge in [0.05, 0.1) is 0 Å². The van der Waals surface area contributed by atoms with Crippen molar-refractivity contribution in [3.05, 3.63) is 28.8 Å². The maximum atomic E-state index is 9.74. The van der Waals surface area contributed by atoms with Crippen molar-refractivity contribution in [2.75, 3.05) is 0 Å². The molecule has 0 amide bonds. The van der Waals surface area contributed by atoms with Gasteiger partial charge in [-0.1, -0.05) is 31.9 Å². The molecule has 1 nitrogen and oxygen atoms in total. The van der Waals surface area contributed by atoms with Gasteiger partial charge in [0.1, 0.15) is 5.75 Å². The van der Waals surface area contributed by atoms with E-state index in [1.165, 1.54) is 24.8 Å². The lowest BCUT2D eigenvalue weighted by Gasteiger charge is -2.17. The van der Waals surface area contributed by atoms with Gasteiger partial charge in [0, 0.05) is 0 Å². The topological polar surface area (TPSA) is 20.2 Å². The Morgan fingerprint density at radius 3 is 2.20 bits per heavy atom. The van der Waals surface area contributed by atoms with Crippen molar-refractivity contribution in [3.8, 4) is 5.75 Å². The fraction of sp³-hybridized carbons (Fsp3) is 0.571. The molecule has 2 unspecified atom stereocenters. The molecule has 2 rings (SSSR count). The van der Waals surface area contributed by atoms with E-state index in [4.69, 9.17) is 0 Å². The summed E-state index contributed by atoms with van der Waals surface area (Å²) in [5.74, 6) is 1.97. The highest BCUT2D eigenvalue weighted by atomic mass is 16.3. The summed E-state index contributed by atoms with van der Waals surface area (Å²) in [6.07, 6.45) is 4.01. The first-order valence-corrected chi connectivity index (χ1v) is 5.89. The quantitative estimate of drug-likeness (QED) is 0.735. The number of hydrogen-bond acceptors (Lipinski definition) is 1. The maximum Gasteiger partial charge on any atom is 0.121 e. The Morgan fingerprint density at radius 2 is 1.73 bits per heavy atom. The second-order valence-electron chi connectivity index (χ2n) is 5.02. The maximum absolute atomic E-state index is 9.74. The number of aryl methyl sites for hydroxylation is 2. The molecule has 0 spiro atoms. The summed E-state index contributed by atoms with van der Waals surface area (Å²) >= 11 is 0. The Bertz CT molecular complexity index is 345. The third-order valence-corrected chi connectivity index (χ3v) is 3.80. The molecule has 1 aromatic carbocycles. The predicted molar refractivity (Wildman–Crippen MR) is 63.3 cm³/mol. The zero-order valence-corrected chi connectivity index (χ0v) is 9.88. The van der Waals surface area contributed by atoms with E-state index in [0.29, 0.717) is 11.7 Å². The largest absolute Gasteiger partial charge is 0.507 e. The van der Waals surface area contributed by atoms with Crippen LogP contribution in [0.3, 0.4) is 0 Å². The van der Waals surface area contributed by atoms with Gasteiger partial charge in [-0.2, -0.15) is 0 Å². The molecule has 1 heteroatoms. The van der Waals surface area contributed by atoms with Crippen molar-refractivity contribution < 1.29 is 5.11 Å². The van der Waals surface area contributed by atoms with E-state index in [-0.39, 0.29) is 0 Å². The smallest absolute Gasteiger partial charge is 0.121 e. The zero-order chi connectivity index (χ0) is 11.0. The monoisotopic (exact) mass is 204 g/mol. The molecule has 1 fully saturated rings. The molecule has 2 atom stereocenters. The van der Waals surface area contributed by atoms with Crippen LogP contribution < -0.4 is 0 Å². The average Bonchev–Trinajstić information content (AvgIpc) is 2.60. The molecule has 15 heavy (non-hydrogen) atoms. The average molecular weight is 204 g/mol. The fourth-order valence-corrected chi connectivity index (χ4v) is 2.84. The van der Waals surface area contributed by atoms with Crippen LogP contribution in [0, 0.1) is 19.8 Å². The van der Waals surface area contributed by atoms with E-state index in [2.05, 4.69) is 19.1 Å². The van der Waals surface area contributed by atoms with Crippen LogP contribution in [0.15, 0.2) is 12.1 Å². The summed E-state index contributed by atoms with van der Waals surface area (Å²) in [4.78, 5) is 0. The van der Waals surface area contributed by atoms with Crippen LogP contribution >= 0.6 is 0 Å². The first-order valence-electron chi connectivity index (χ1n) is 5.89. The van der Waals surface area contributed by atoms with Gasteiger partial charge in [0.2, 0.25) is 0 Å². The number of phenols is 1. The van der Waals surface area contributed by atoms with Crippen LogP contribution in [-0.2, 0) is 0 Å². The van der Waals surface area contributed by atoms with Crippen molar-refractivity contribution in [1.29, 1.82) is 0 Å². The predicted octanol–water partition coefficient (Wildman–Crippen LogP) is 3.91. The van der Waals surface area contributed by atoms with Crippen molar-refractivity contribution in [2.24, 2.45) is 5.92 Å². The SMILES string of the molecule is Cc1cc(C2CCCC2C)cc(C)c1O. The van der Waals surface area contributed by atoms with Gasteiger partial charge in [-0.3, -0.25) is 0 Å². The molecule has 1 aromatic rings. The Kier molecular flexibility index (Phi) is 2.72. The molecule has 1 N–H and O–H groups in total. The molecule has 0 radical (unpaired) electrons. The Hall–Kier alpha value is -0.980. The molecule has 0 heterocycles. The van der Waals surface area contributed by atoms with Crippen molar-refractivity contribution in [1.82, 2.24) is 0 Å². The van der Waals surface area contributed by atoms with Gasteiger partial charge in [-0.15, -0.1) is 0 Å². The molecule has 1 aliphatic carbocycles. The summed E-state index contributed by atoms with van der Waals surface area (Å²) in [5.41, 5.74) is 3.46. The normalized spacial score (nSPS) is 25.8. The zero-order valence-electron chi connectivity index (χ0n) is 9.88. The summed E-state index contributed by atoms with van der Waals surface area (Å²) in [5, 5.41) is 9.74. The minimum Gasteiger partial charge on any atom is -0.507 e. The fourth-order valence-electron chi connectivity index (χ4n) is 2.84. The van der Waals surface area contributed by atoms with E-state index in [1.807, 2.05) is 13.8 Å². The third-order valence-electron chi connectivity index (χ3n) is 3.80. The summed E-state index contributed by atoms with van der Waals surface area (Å²) in [6, 6.07) is 4.32. The van der Waals surface area contributed by atoms with E-state index in [1.54, 1.807) is 0 Å². The van der Waals surface area contributed by atoms with Crippen LogP contribution in [0.25, 0.3) is 0 Å². The number of aromatic hydroxyl groups is 1. The minimum atomic E-state index is 0.462. The van der Waals surface area contributed by atoms with Crippen LogP contribution in [-0.4, -0.2) is 5.11 Å². The first-order chi connectivity index (χ1) is 7.09. The number of hydrogen-bond donors (Lipinski definition) is 1. The van der Waals surface area contributed by atoms with E-state index < -0.39 is 0 Å². The van der Waals surface area contributed by atoms with Crippen LogP contribution in [0.2, 0.25) is 0 Å².